The fourth-order valence-electron chi connectivity index (χ4n) is 3.16. The zero-order chi connectivity index (χ0) is 20.8. The molecule has 0 saturated carbocycles. The summed E-state index contributed by atoms with van der Waals surface area (Å²) < 4.78 is 5.19. The molecule has 1 heterocycles. The molecule has 7 nitrogen and oxygen atoms in total. The second-order valence-electron chi connectivity index (χ2n) is 6.63. The van der Waals surface area contributed by atoms with Crippen LogP contribution >= 0.6 is 11.6 Å². The molecule has 3 amide bonds. The van der Waals surface area contributed by atoms with Gasteiger partial charge in [-0.1, -0.05) is 29.8 Å². The van der Waals surface area contributed by atoms with Crippen LogP contribution in [0.1, 0.15) is 16.8 Å². The first kappa shape index (κ1) is 20.7. The van der Waals surface area contributed by atoms with Crippen molar-refractivity contribution in [2.45, 2.75) is 6.42 Å². The van der Waals surface area contributed by atoms with Gasteiger partial charge in [0.25, 0.3) is 5.91 Å². The normalized spacial score (nSPS) is 15.9. The van der Waals surface area contributed by atoms with Crippen LogP contribution in [0, 0.1) is 5.92 Å². The van der Waals surface area contributed by atoms with Crippen molar-refractivity contribution in [1.82, 2.24) is 10.6 Å². The van der Waals surface area contributed by atoms with E-state index in [9.17, 15) is 14.4 Å². The maximum Gasteiger partial charge on any atom is 0.252 e. The van der Waals surface area contributed by atoms with E-state index < -0.39 is 5.92 Å². The fourth-order valence-corrected chi connectivity index (χ4v) is 3.38. The SMILES string of the molecule is COc1cccc(N2C[C@@H](C(=O)NCCNC(=O)c3ccccc3Cl)CC2=O)c1. The largest absolute Gasteiger partial charge is 0.497 e. The summed E-state index contributed by atoms with van der Waals surface area (Å²) in [6, 6.07) is 13.9. The Hall–Kier alpha value is -3.06. The number of rotatable bonds is 7. The molecule has 1 atom stereocenters. The summed E-state index contributed by atoms with van der Waals surface area (Å²) in [5.74, 6) is -0.406. The van der Waals surface area contributed by atoms with Gasteiger partial charge in [0.1, 0.15) is 5.75 Å². The molecule has 152 valence electrons. The van der Waals surface area contributed by atoms with Gasteiger partial charge in [0.2, 0.25) is 11.8 Å². The van der Waals surface area contributed by atoms with Crippen molar-refractivity contribution >= 4 is 35.0 Å². The predicted molar refractivity (Wildman–Crippen MR) is 110 cm³/mol. The maximum absolute atomic E-state index is 12.4. The molecule has 0 aliphatic carbocycles. The molecular formula is C21H22ClN3O4. The summed E-state index contributed by atoms with van der Waals surface area (Å²) in [6.07, 6.45) is 0.148. The van der Waals surface area contributed by atoms with E-state index in [1.807, 2.05) is 6.07 Å². The Kier molecular flexibility index (Phi) is 6.72. The van der Waals surface area contributed by atoms with Crippen molar-refractivity contribution in [2.75, 3.05) is 31.6 Å². The number of nitrogens with zero attached hydrogens (tertiary/aromatic N) is 1. The minimum absolute atomic E-state index is 0.106. The summed E-state index contributed by atoms with van der Waals surface area (Å²) in [5, 5.41) is 5.85. The molecule has 8 heteroatoms. The molecule has 2 aromatic carbocycles. The standard InChI is InChI=1S/C21H22ClN3O4/c1-29-16-6-4-5-15(12-16)25-13-14(11-19(25)26)20(27)23-9-10-24-21(28)17-7-2-3-8-18(17)22/h2-8,12,14H,9-11,13H2,1H3,(H,23,27)(H,24,28)/t14-/m0/s1. The summed E-state index contributed by atoms with van der Waals surface area (Å²) >= 11 is 5.99. The van der Waals surface area contributed by atoms with E-state index in [-0.39, 0.29) is 37.2 Å². The molecule has 2 N–H and O–H groups in total. The minimum Gasteiger partial charge on any atom is -0.497 e. The van der Waals surface area contributed by atoms with Crippen molar-refractivity contribution in [3.05, 3.63) is 59.1 Å². The van der Waals surface area contributed by atoms with Crippen LogP contribution in [0.25, 0.3) is 0 Å². The highest BCUT2D eigenvalue weighted by atomic mass is 35.5. The van der Waals surface area contributed by atoms with Crippen LogP contribution in [0.2, 0.25) is 5.02 Å². The Balaban J connectivity index is 1.47. The van der Waals surface area contributed by atoms with Crippen molar-refractivity contribution in [2.24, 2.45) is 5.92 Å². The molecular weight excluding hydrogens is 394 g/mol. The van der Waals surface area contributed by atoms with Crippen molar-refractivity contribution < 1.29 is 19.1 Å². The van der Waals surface area contributed by atoms with Gasteiger partial charge in [-0.2, -0.15) is 0 Å². The zero-order valence-corrected chi connectivity index (χ0v) is 16.7. The highest BCUT2D eigenvalue weighted by Gasteiger charge is 2.35. The third kappa shape index (κ3) is 5.06. The van der Waals surface area contributed by atoms with E-state index in [0.717, 1.165) is 0 Å². The second kappa shape index (κ2) is 9.43. The molecule has 2 aromatic rings. The van der Waals surface area contributed by atoms with Gasteiger partial charge >= 0.3 is 0 Å². The average Bonchev–Trinajstić information content (AvgIpc) is 3.13. The average molecular weight is 416 g/mol. The maximum atomic E-state index is 12.4. The fraction of sp³-hybridized carbons (Fsp3) is 0.286. The number of halogens is 1. The molecule has 0 bridgehead atoms. The van der Waals surface area contributed by atoms with Crippen molar-refractivity contribution in [3.63, 3.8) is 0 Å². The Bertz CT molecular complexity index is 918. The highest BCUT2D eigenvalue weighted by Crippen LogP contribution is 2.27. The third-order valence-corrected chi connectivity index (χ3v) is 5.02. The monoisotopic (exact) mass is 415 g/mol. The van der Waals surface area contributed by atoms with Gasteiger partial charge in [-0.25, -0.2) is 0 Å². The number of hydrogen-bond donors (Lipinski definition) is 2. The van der Waals surface area contributed by atoms with Crippen LogP contribution in [0.4, 0.5) is 5.69 Å². The minimum atomic E-state index is -0.437. The van der Waals surface area contributed by atoms with Gasteiger partial charge in [0.05, 0.1) is 23.6 Å². The van der Waals surface area contributed by atoms with Crippen LogP contribution in [0.3, 0.4) is 0 Å². The lowest BCUT2D eigenvalue weighted by molar-refractivity contribution is -0.126. The lowest BCUT2D eigenvalue weighted by Gasteiger charge is -2.17. The molecule has 0 radical (unpaired) electrons. The van der Waals surface area contributed by atoms with Crippen LogP contribution in [-0.4, -0.2) is 44.5 Å². The molecule has 0 aromatic heterocycles. The molecule has 1 aliphatic heterocycles. The topological polar surface area (TPSA) is 87.7 Å². The first-order valence-electron chi connectivity index (χ1n) is 9.24. The number of carbonyl (C=O) groups is 3. The molecule has 3 rings (SSSR count). The van der Waals surface area contributed by atoms with E-state index in [4.69, 9.17) is 16.3 Å². The van der Waals surface area contributed by atoms with Gasteiger partial charge in [0, 0.05) is 37.8 Å². The van der Waals surface area contributed by atoms with E-state index >= 15 is 0 Å². The number of carbonyl (C=O) groups excluding carboxylic acids is 3. The molecule has 1 fully saturated rings. The smallest absolute Gasteiger partial charge is 0.252 e. The Morgan fingerprint density at radius 2 is 1.90 bits per heavy atom. The number of methoxy groups -OCH3 is 1. The molecule has 0 spiro atoms. The number of ether oxygens (including phenoxy) is 1. The first-order chi connectivity index (χ1) is 14.0. The van der Waals surface area contributed by atoms with Crippen LogP contribution in [-0.2, 0) is 9.59 Å². The van der Waals surface area contributed by atoms with E-state index in [1.54, 1.807) is 54.5 Å². The highest BCUT2D eigenvalue weighted by molar-refractivity contribution is 6.33. The predicted octanol–water partition coefficient (Wildman–Crippen LogP) is 2.25. The van der Waals surface area contributed by atoms with Crippen molar-refractivity contribution in [1.29, 1.82) is 0 Å². The van der Waals surface area contributed by atoms with Gasteiger partial charge in [-0.15, -0.1) is 0 Å². The quantitative estimate of drug-likeness (QED) is 0.679. The van der Waals surface area contributed by atoms with Gasteiger partial charge in [-0.05, 0) is 24.3 Å². The van der Waals surface area contributed by atoms with Crippen LogP contribution in [0.15, 0.2) is 48.5 Å². The molecule has 0 unspecified atom stereocenters. The zero-order valence-electron chi connectivity index (χ0n) is 16.0. The first-order valence-corrected chi connectivity index (χ1v) is 9.62. The van der Waals surface area contributed by atoms with Gasteiger partial charge < -0.3 is 20.3 Å². The summed E-state index contributed by atoms with van der Waals surface area (Å²) in [4.78, 5) is 38.4. The Morgan fingerprint density at radius 3 is 2.66 bits per heavy atom. The van der Waals surface area contributed by atoms with E-state index in [0.29, 0.717) is 28.6 Å². The molecule has 1 aliphatic rings. The van der Waals surface area contributed by atoms with Gasteiger partial charge in [0.15, 0.2) is 0 Å². The third-order valence-electron chi connectivity index (χ3n) is 4.69. The van der Waals surface area contributed by atoms with E-state index in [1.165, 1.54) is 0 Å². The van der Waals surface area contributed by atoms with Crippen LogP contribution < -0.4 is 20.3 Å². The summed E-state index contributed by atoms with van der Waals surface area (Å²) in [6.45, 7) is 0.832. The number of amides is 3. The lowest BCUT2D eigenvalue weighted by Crippen LogP contribution is -2.38. The number of hydrogen-bond acceptors (Lipinski definition) is 4. The second-order valence-corrected chi connectivity index (χ2v) is 7.04. The van der Waals surface area contributed by atoms with Crippen LogP contribution in [0.5, 0.6) is 5.75 Å². The molecule has 29 heavy (non-hydrogen) atoms. The summed E-state index contributed by atoms with van der Waals surface area (Å²) in [5.41, 5.74) is 1.09. The number of anilines is 1. The lowest BCUT2D eigenvalue weighted by atomic mass is 10.1. The number of nitrogens with one attached hydrogen (secondary N) is 2. The Labute approximate surface area is 174 Å². The molecule has 1 saturated heterocycles. The number of benzene rings is 2. The van der Waals surface area contributed by atoms with E-state index in [2.05, 4.69) is 10.6 Å². The van der Waals surface area contributed by atoms with Gasteiger partial charge in [-0.3, -0.25) is 14.4 Å². The Morgan fingerprint density at radius 1 is 1.14 bits per heavy atom. The van der Waals surface area contributed by atoms with Crippen molar-refractivity contribution in [3.8, 4) is 5.75 Å². The summed E-state index contributed by atoms with van der Waals surface area (Å²) in [7, 11) is 1.56.